The summed E-state index contributed by atoms with van der Waals surface area (Å²) < 4.78 is 0. The highest BCUT2D eigenvalue weighted by Gasteiger charge is 1.90. The lowest BCUT2D eigenvalue weighted by Gasteiger charge is -1.99. The number of rotatable bonds is 3. The molecule has 0 N–H and O–H groups in total. The highest BCUT2D eigenvalue weighted by molar-refractivity contribution is 5.32. The average Bonchev–Trinajstić information content (AvgIpc) is 2.37. The molecule has 1 aromatic carbocycles. The molecule has 16 heavy (non-hydrogen) atoms. The minimum atomic E-state index is 1.00. The lowest BCUT2D eigenvalue weighted by atomic mass is 10.1. The second-order valence-electron chi connectivity index (χ2n) is 3.85. The second kappa shape index (κ2) is 5.92. The molecule has 0 nitrogen and oxygen atoms in total. The van der Waals surface area contributed by atoms with Crippen LogP contribution < -0.4 is 0 Å². The molecule has 1 aliphatic carbocycles. The van der Waals surface area contributed by atoms with Crippen molar-refractivity contribution < 1.29 is 0 Å². The summed E-state index contributed by atoms with van der Waals surface area (Å²) in [5, 5.41) is 0. The Morgan fingerprint density at radius 1 is 1.06 bits per heavy atom. The van der Waals surface area contributed by atoms with Crippen molar-refractivity contribution in [3.63, 3.8) is 0 Å². The smallest absolute Gasteiger partial charge is 0.00943 e. The molecule has 0 aliphatic heterocycles. The maximum Gasteiger partial charge on any atom is -0.00943 e. The number of allylic oxidation sites excluding steroid dienone is 8. The molecular weight excluding hydrogens is 192 g/mol. The van der Waals surface area contributed by atoms with E-state index >= 15 is 0 Å². The summed E-state index contributed by atoms with van der Waals surface area (Å²) in [4.78, 5) is 0. The van der Waals surface area contributed by atoms with Crippen LogP contribution in [0.15, 0.2) is 78.4 Å². The fourth-order valence-electron chi connectivity index (χ4n) is 1.66. The molecule has 0 saturated carbocycles. The largest absolute Gasteiger partial charge is 0.0801 e. The fraction of sp³-hybridized carbons (Fsp3) is 0.125. The van der Waals surface area contributed by atoms with Crippen LogP contribution in [-0.4, -0.2) is 0 Å². The zero-order valence-electron chi connectivity index (χ0n) is 9.34. The van der Waals surface area contributed by atoms with Gasteiger partial charge in [-0.15, -0.1) is 0 Å². The van der Waals surface area contributed by atoms with Crippen LogP contribution >= 0.6 is 0 Å². The van der Waals surface area contributed by atoms with Crippen LogP contribution in [0.25, 0.3) is 0 Å². The number of hydrogen-bond donors (Lipinski definition) is 0. The van der Waals surface area contributed by atoms with Gasteiger partial charge in [0.05, 0.1) is 0 Å². The molecule has 0 heteroatoms. The second-order valence-corrected chi connectivity index (χ2v) is 3.85. The molecule has 0 fully saturated rings. The molecule has 0 heterocycles. The third-order valence-corrected chi connectivity index (χ3v) is 2.55. The van der Waals surface area contributed by atoms with Crippen LogP contribution in [0.2, 0.25) is 0 Å². The van der Waals surface area contributed by atoms with Gasteiger partial charge in [-0.2, -0.15) is 0 Å². The van der Waals surface area contributed by atoms with E-state index < -0.39 is 0 Å². The maximum atomic E-state index is 2.20. The highest BCUT2D eigenvalue weighted by atomic mass is 14.0. The summed E-state index contributed by atoms with van der Waals surface area (Å²) in [5.74, 6) is 0. The van der Waals surface area contributed by atoms with Crippen LogP contribution in [-0.2, 0) is 6.42 Å². The molecule has 0 radical (unpaired) electrons. The molecule has 0 atom stereocenters. The Balaban J connectivity index is 1.86. The Hall–Kier alpha value is -1.82. The third-order valence-electron chi connectivity index (χ3n) is 2.55. The summed E-state index contributed by atoms with van der Waals surface area (Å²) in [5.41, 5.74) is 2.73. The first-order chi connectivity index (χ1) is 7.95. The fourth-order valence-corrected chi connectivity index (χ4v) is 1.66. The van der Waals surface area contributed by atoms with Crippen molar-refractivity contribution in [2.45, 2.75) is 12.8 Å². The van der Waals surface area contributed by atoms with E-state index in [-0.39, 0.29) is 0 Å². The van der Waals surface area contributed by atoms with Crippen molar-refractivity contribution >= 4 is 0 Å². The van der Waals surface area contributed by atoms with E-state index in [1.165, 1.54) is 11.1 Å². The van der Waals surface area contributed by atoms with Crippen molar-refractivity contribution in [3.8, 4) is 0 Å². The number of hydrogen-bond acceptors (Lipinski definition) is 0. The van der Waals surface area contributed by atoms with E-state index in [0.717, 1.165) is 12.8 Å². The van der Waals surface area contributed by atoms with Gasteiger partial charge in [-0.25, -0.2) is 0 Å². The third kappa shape index (κ3) is 3.39. The standard InChI is InChI=1S/C16H16/c1-3-9-15(10-4-1)13-7-8-14-16-11-5-2-6-12-16/h1-11,14H,12-13H2/b8-7+,16-14+. The summed E-state index contributed by atoms with van der Waals surface area (Å²) in [7, 11) is 0. The van der Waals surface area contributed by atoms with Gasteiger partial charge in [0.2, 0.25) is 0 Å². The SMILES string of the molecule is C1=CC/C(=C/C=C/Cc2ccccc2)C=C1. The first-order valence-electron chi connectivity index (χ1n) is 5.68. The van der Waals surface area contributed by atoms with Crippen LogP contribution in [0, 0.1) is 0 Å². The van der Waals surface area contributed by atoms with E-state index in [2.05, 4.69) is 66.8 Å². The molecular formula is C16H16. The van der Waals surface area contributed by atoms with Crippen LogP contribution in [0.3, 0.4) is 0 Å². The monoisotopic (exact) mass is 208 g/mol. The minimum Gasteiger partial charge on any atom is -0.0801 e. The average molecular weight is 208 g/mol. The molecule has 1 aliphatic rings. The van der Waals surface area contributed by atoms with Crippen molar-refractivity contribution in [2.75, 3.05) is 0 Å². The predicted molar refractivity (Wildman–Crippen MR) is 70.3 cm³/mol. The van der Waals surface area contributed by atoms with Gasteiger partial charge >= 0.3 is 0 Å². The predicted octanol–water partition coefficient (Wildman–Crippen LogP) is 4.23. The van der Waals surface area contributed by atoms with E-state index in [1.54, 1.807) is 0 Å². The topological polar surface area (TPSA) is 0 Å². The quantitative estimate of drug-likeness (QED) is 0.697. The Labute approximate surface area is 97.3 Å². The van der Waals surface area contributed by atoms with Gasteiger partial charge in [-0.1, -0.05) is 72.9 Å². The van der Waals surface area contributed by atoms with Gasteiger partial charge in [0.15, 0.2) is 0 Å². The zero-order valence-corrected chi connectivity index (χ0v) is 9.34. The van der Waals surface area contributed by atoms with Gasteiger partial charge in [0.25, 0.3) is 0 Å². The van der Waals surface area contributed by atoms with E-state index in [9.17, 15) is 0 Å². The van der Waals surface area contributed by atoms with Crippen molar-refractivity contribution in [2.24, 2.45) is 0 Å². The number of benzene rings is 1. The molecule has 2 rings (SSSR count). The first-order valence-corrected chi connectivity index (χ1v) is 5.68. The maximum absolute atomic E-state index is 2.20. The van der Waals surface area contributed by atoms with Crippen LogP contribution in [0.1, 0.15) is 12.0 Å². The van der Waals surface area contributed by atoms with Gasteiger partial charge in [-0.05, 0) is 24.0 Å². The lowest BCUT2D eigenvalue weighted by Crippen LogP contribution is -1.80. The van der Waals surface area contributed by atoms with Crippen molar-refractivity contribution in [1.82, 2.24) is 0 Å². The summed E-state index contributed by atoms with van der Waals surface area (Å²) >= 11 is 0. The van der Waals surface area contributed by atoms with Crippen LogP contribution in [0.4, 0.5) is 0 Å². The Morgan fingerprint density at radius 3 is 2.69 bits per heavy atom. The summed E-state index contributed by atoms with van der Waals surface area (Å²) in [6.45, 7) is 0. The Kier molecular flexibility index (Phi) is 3.95. The molecule has 80 valence electrons. The van der Waals surface area contributed by atoms with E-state index in [0.29, 0.717) is 0 Å². The van der Waals surface area contributed by atoms with Crippen molar-refractivity contribution in [1.29, 1.82) is 0 Å². The molecule has 0 aromatic heterocycles. The molecule has 0 unspecified atom stereocenters. The molecule has 1 aromatic rings. The molecule has 0 saturated heterocycles. The first kappa shape index (κ1) is 10.7. The van der Waals surface area contributed by atoms with Crippen LogP contribution in [0.5, 0.6) is 0 Å². The summed E-state index contributed by atoms with van der Waals surface area (Å²) in [6, 6.07) is 10.5. The molecule has 0 spiro atoms. The van der Waals surface area contributed by atoms with Gasteiger partial charge < -0.3 is 0 Å². The molecule has 0 amide bonds. The zero-order chi connectivity index (χ0) is 11.1. The van der Waals surface area contributed by atoms with E-state index in [4.69, 9.17) is 0 Å². The minimum absolute atomic E-state index is 1.00. The Morgan fingerprint density at radius 2 is 1.94 bits per heavy atom. The van der Waals surface area contributed by atoms with Crippen molar-refractivity contribution in [3.05, 3.63) is 84.0 Å². The molecule has 0 bridgehead atoms. The normalized spacial score (nSPS) is 17.4. The van der Waals surface area contributed by atoms with Gasteiger partial charge in [-0.3, -0.25) is 0 Å². The van der Waals surface area contributed by atoms with Gasteiger partial charge in [0, 0.05) is 0 Å². The van der Waals surface area contributed by atoms with E-state index in [1.807, 2.05) is 6.07 Å². The highest BCUT2D eigenvalue weighted by Crippen LogP contribution is 2.09. The Bertz CT molecular complexity index is 430. The lowest BCUT2D eigenvalue weighted by molar-refractivity contribution is 1.25. The summed E-state index contributed by atoms with van der Waals surface area (Å²) in [6.07, 6.45) is 17.1. The van der Waals surface area contributed by atoms with Gasteiger partial charge in [0.1, 0.15) is 0 Å².